The maximum Gasteiger partial charge on any atom is 0.408 e. The Hall–Kier alpha value is -3.34. The zero-order chi connectivity index (χ0) is 29.2. The molecule has 2 heterocycles. The molecule has 0 spiro atoms. The molecule has 11 heteroatoms. The Labute approximate surface area is 234 Å². The molecule has 0 saturated carbocycles. The van der Waals surface area contributed by atoms with Gasteiger partial charge in [0.1, 0.15) is 22.3 Å². The lowest BCUT2D eigenvalue weighted by atomic mass is 9.95. The average Bonchev–Trinajstić information content (AvgIpc) is 3.19. The maximum absolute atomic E-state index is 14.9. The zero-order valence-corrected chi connectivity index (χ0v) is 24.3. The fourth-order valence-electron chi connectivity index (χ4n) is 4.73. The molecule has 0 bridgehead atoms. The van der Waals surface area contributed by atoms with Gasteiger partial charge in [-0.3, -0.25) is 4.79 Å². The molecule has 2 amide bonds. The smallest absolute Gasteiger partial charge is 0.408 e. The number of halogens is 1. The number of piperidine rings is 1. The molecule has 1 unspecified atom stereocenters. The van der Waals surface area contributed by atoms with Crippen LogP contribution in [-0.2, 0) is 19.4 Å². The Morgan fingerprint density at radius 1 is 1.10 bits per heavy atom. The van der Waals surface area contributed by atoms with Crippen molar-refractivity contribution in [3.8, 4) is 22.6 Å². The number of nitrogens with one attached hydrogen (secondary N) is 1. The fourth-order valence-corrected chi connectivity index (χ4v) is 5.84. The van der Waals surface area contributed by atoms with Gasteiger partial charge in [-0.1, -0.05) is 26.0 Å². The quantitative estimate of drug-likeness (QED) is 0.505. The predicted octanol–water partition coefficient (Wildman–Crippen LogP) is 4.78. The number of amides is 2. The number of nitrogens with zero attached hydrogens (tertiary/aromatic N) is 1. The minimum atomic E-state index is -3.42. The van der Waals surface area contributed by atoms with Crippen LogP contribution in [0.5, 0.6) is 11.5 Å². The number of alkyl carbamates (subject to hydrolysis) is 1. The van der Waals surface area contributed by atoms with E-state index < -0.39 is 33.4 Å². The average molecular weight is 577 g/mol. The van der Waals surface area contributed by atoms with Crippen LogP contribution >= 0.6 is 0 Å². The summed E-state index contributed by atoms with van der Waals surface area (Å²) in [4.78, 5) is 27.3. The Bertz CT molecular complexity index is 1360. The molecule has 218 valence electrons. The molecule has 1 saturated heterocycles. The standard InChI is InChI=1S/C29H37FN2O7S/c1-18(2)26(31-28(34)39-29(3,4)5)27(33)32-12-10-19(11-13-32)16-37-23-8-6-20(14-22(23)30)21-7-9-25-24(15-21)38-17-40(25,35)36/h6-9,14-15,18-19,26H,10-13,16-17H2,1-5H3,(H,31,34). The van der Waals surface area contributed by atoms with Crippen LogP contribution in [0, 0.1) is 17.7 Å². The van der Waals surface area contributed by atoms with Crippen LogP contribution in [0.4, 0.5) is 9.18 Å². The highest BCUT2D eigenvalue weighted by molar-refractivity contribution is 7.91. The first-order chi connectivity index (χ1) is 18.7. The van der Waals surface area contributed by atoms with Gasteiger partial charge >= 0.3 is 6.09 Å². The Kier molecular flexibility index (Phi) is 8.63. The van der Waals surface area contributed by atoms with E-state index in [1.807, 2.05) is 13.8 Å². The van der Waals surface area contributed by atoms with E-state index in [4.69, 9.17) is 14.2 Å². The summed E-state index contributed by atoms with van der Waals surface area (Å²) >= 11 is 0. The zero-order valence-electron chi connectivity index (χ0n) is 23.5. The lowest BCUT2D eigenvalue weighted by Crippen LogP contribution is -2.53. The number of sulfone groups is 1. The van der Waals surface area contributed by atoms with Gasteiger partial charge in [-0.2, -0.15) is 0 Å². The van der Waals surface area contributed by atoms with Gasteiger partial charge in [0.05, 0.1) is 6.61 Å². The monoisotopic (exact) mass is 576 g/mol. The van der Waals surface area contributed by atoms with Crippen molar-refractivity contribution >= 4 is 21.8 Å². The Morgan fingerprint density at radius 2 is 1.75 bits per heavy atom. The SMILES string of the molecule is CC(C)C(NC(=O)OC(C)(C)C)C(=O)N1CCC(COc2ccc(-c3ccc4c(c3)OCS4(=O)=O)cc2F)CC1. The van der Waals surface area contributed by atoms with E-state index in [-0.39, 0.29) is 40.1 Å². The van der Waals surface area contributed by atoms with Crippen molar-refractivity contribution in [2.45, 2.75) is 64.0 Å². The van der Waals surface area contributed by atoms with Crippen LogP contribution < -0.4 is 14.8 Å². The van der Waals surface area contributed by atoms with Crippen molar-refractivity contribution in [2.75, 3.05) is 25.6 Å². The second-order valence-electron chi connectivity index (χ2n) is 11.6. The molecule has 9 nitrogen and oxygen atoms in total. The first-order valence-electron chi connectivity index (χ1n) is 13.4. The largest absolute Gasteiger partial charge is 0.490 e. The molecule has 0 radical (unpaired) electrons. The number of hydrogen-bond donors (Lipinski definition) is 1. The van der Waals surface area contributed by atoms with Gasteiger partial charge in [-0.05, 0) is 80.8 Å². The lowest BCUT2D eigenvalue weighted by Gasteiger charge is -2.35. The van der Waals surface area contributed by atoms with Crippen LogP contribution in [-0.4, -0.2) is 62.6 Å². The van der Waals surface area contributed by atoms with Gasteiger partial charge in [-0.15, -0.1) is 0 Å². The third-order valence-electron chi connectivity index (χ3n) is 6.92. The molecule has 1 fully saturated rings. The van der Waals surface area contributed by atoms with Crippen LogP contribution in [0.3, 0.4) is 0 Å². The third kappa shape index (κ3) is 7.04. The molecule has 1 atom stereocenters. The van der Waals surface area contributed by atoms with Gasteiger partial charge in [0, 0.05) is 13.1 Å². The predicted molar refractivity (Wildman–Crippen MR) is 147 cm³/mol. The summed E-state index contributed by atoms with van der Waals surface area (Å²) < 4.78 is 55.1. The van der Waals surface area contributed by atoms with Crippen molar-refractivity contribution < 1.29 is 36.6 Å². The maximum atomic E-state index is 14.9. The summed E-state index contributed by atoms with van der Waals surface area (Å²) in [6.45, 7) is 10.4. The van der Waals surface area contributed by atoms with Crippen molar-refractivity contribution in [1.29, 1.82) is 0 Å². The number of carbonyl (C=O) groups excluding carboxylic acids is 2. The third-order valence-corrected chi connectivity index (χ3v) is 8.35. The van der Waals surface area contributed by atoms with Crippen molar-refractivity contribution in [3.05, 3.63) is 42.2 Å². The molecule has 2 aromatic carbocycles. The second kappa shape index (κ2) is 11.6. The van der Waals surface area contributed by atoms with E-state index in [0.717, 1.165) is 0 Å². The van der Waals surface area contributed by atoms with Crippen molar-refractivity contribution in [1.82, 2.24) is 10.2 Å². The van der Waals surface area contributed by atoms with E-state index in [2.05, 4.69) is 5.32 Å². The molecular formula is C29H37FN2O7S. The number of rotatable bonds is 7. The van der Waals surface area contributed by atoms with Gasteiger partial charge in [0.25, 0.3) is 0 Å². The molecule has 1 N–H and O–H groups in total. The first-order valence-corrected chi connectivity index (χ1v) is 15.1. The molecule has 40 heavy (non-hydrogen) atoms. The second-order valence-corrected chi connectivity index (χ2v) is 13.5. The van der Waals surface area contributed by atoms with Gasteiger partial charge in [-0.25, -0.2) is 17.6 Å². The topological polar surface area (TPSA) is 111 Å². The fraction of sp³-hybridized carbons (Fsp3) is 0.517. The highest BCUT2D eigenvalue weighted by atomic mass is 32.2. The molecule has 0 aliphatic carbocycles. The van der Waals surface area contributed by atoms with E-state index in [0.29, 0.717) is 43.7 Å². The summed E-state index contributed by atoms with van der Waals surface area (Å²) in [5.74, 6) is -0.614. The summed E-state index contributed by atoms with van der Waals surface area (Å²) in [5, 5.41) is 2.71. The number of carbonyl (C=O) groups is 2. The highest BCUT2D eigenvalue weighted by Crippen LogP contribution is 2.36. The normalized spacial score (nSPS) is 17.6. The number of ether oxygens (including phenoxy) is 3. The summed E-state index contributed by atoms with van der Waals surface area (Å²) in [6, 6.07) is 8.64. The van der Waals surface area contributed by atoms with Crippen molar-refractivity contribution in [2.24, 2.45) is 11.8 Å². The number of likely N-dealkylation sites (tertiary alicyclic amines) is 1. The molecule has 2 aliphatic heterocycles. The van der Waals surface area contributed by atoms with E-state index >= 15 is 0 Å². The van der Waals surface area contributed by atoms with Crippen LogP contribution in [0.2, 0.25) is 0 Å². The summed E-state index contributed by atoms with van der Waals surface area (Å²) in [7, 11) is -3.42. The molecular weight excluding hydrogens is 539 g/mol. The minimum Gasteiger partial charge on any atom is -0.490 e. The molecule has 4 rings (SSSR count). The van der Waals surface area contributed by atoms with Crippen LogP contribution in [0.25, 0.3) is 11.1 Å². The van der Waals surface area contributed by atoms with Gasteiger partial charge in [0.2, 0.25) is 15.7 Å². The Balaban J connectivity index is 1.30. The number of benzene rings is 2. The number of fused-ring (bicyclic) bond motifs is 1. The minimum absolute atomic E-state index is 0.107. The first kappa shape index (κ1) is 29.6. The molecule has 2 aliphatic rings. The van der Waals surface area contributed by atoms with Crippen LogP contribution in [0.15, 0.2) is 41.3 Å². The molecule has 2 aromatic rings. The van der Waals surface area contributed by atoms with Crippen molar-refractivity contribution in [3.63, 3.8) is 0 Å². The summed E-state index contributed by atoms with van der Waals surface area (Å²) in [5.41, 5.74) is 0.556. The van der Waals surface area contributed by atoms with Gasteiger partial charge in [0.15, 0.2) is 17.5 Å². The summed E-state index contributed by atoms with van der Waals surface area (Å²) in [6.07, 6.45) is 0.773. The van der Waals surface area contributed by atoms with E-state index in [9.17, 15) is 22.4 Å². The van der Waals surface area contributed by atoms with E-state index in [1.165, 1.54) is 12.1 Å². The lowest BCUT2D eigenvalue weighted by molar-refractivity contribution is -0.136. The van der Waals surface area contributed by atoms with Crippen LogP contribution in [0.1, 0.15) is 47.5 Å². The van der Waals surface area contributed by atoms with E-state index in [1.54, 1.807) is 49.9 Å². The Morgan fingerprint density at radius 3 is 2.38 bits per heavy atom. The molecule has 0 aromatic heterocycles. The number of hydrogen-bond acceptors (Lipinski definition) is 7. The van der Waals surface area contributed by atoms with Gasteiger partial charge < -0.3 is 24.4 Å². The highest BCUT2D eigenvalue weighted by Gasteiger charge is 2.33.